The van der Waals surface area contributed by atoms with E-state index in [1.807, 2.05) is 0 Å². The number of carbonyl (C=O) groups is 3. The molecule has 3 atom stereocenters. The summed E-state index contributed by atoms with van der Waals surface area (Å²) in [4.78, 5) is 40.8. The van der Waals surface area contributed by atoms with Crippen molar-refractivity contribution in [1.29, 1.82) is 0 Å². The number of carbonyl (C=O) groups excluding carboxylic acids is 3. The number of hydrogen-bond donors (Lipinski definition) is 0. The predicted molar refractivity (Wildman–Crippen MR) is 110 cm³/mol. The zero-order chi connectivity index (χ0) is 23.5. The molecule has 3 rings (SSSR count). The predicted octanol–water partition coefficient (Wildman–Crippen LogP) is 3.81. The summed E-state index contributed by atoms with van der Waals surface area (Å²) in [5, 5.41) is 0. The van der Waals surface area contributed by atoms with Crippen LogP contribution in [0.25, 0.3) is 0 Å². The molecular weight excluding hydrogens is 425 g/mol. The van der Waals surface area contributed by atoms with Crippen molar-refractivity contribution in [2.45, 2.75) is 51.7 Å². The summed E-state index contributed by atoms with van der Waals surface area (Å²) >= 11 is 0. The summed E-state index contributed by atoms with van der Waals surface area (Å²) in [6.45, 7) is 4.38. The minimum atomic E-state index is -4.46. The second kappa shape index (κ2) is 9.92. The van der Waals surface area contributed by atoms with Gasteiger partial charge in [-0.05, 0) is 50.3 Å². The Hall–Kier alpha value is -2.58. The summed E-state index contributed by atoms with van der Waals surface area (Å²) < 4.78 is 44.5. The monoisotopic (exact) mass is 454 g/mol. The number of benzene rings is 1. The van der Waals surface area contributed by atoms with E-state index in [9.17, 15) is 27.6 Å². The normalized spacial score (nSPS) is 24.2. The van der Waals surface area contributed by atoms with Crippen molar-refractivity contribution >= 4 is 17.8 Å². The summed E-state index contributed by atoms with van der Waals surface area (Å²) in [6.07, 6.45) is -2.24. The zero-order valence-corrected chi connectivity index (χ0v) is 18.4. The SMILES string of the molecule is CCOC(=O)C1CCCN(C(=O)C2CCC(c3cccc(C(F)(F)F)c3)N(C(C)=O)C2)C1. The van der Waals surface area contributed by atoms with Crippen molar-refractivity contribution in [2.24, 2.45) is 11.8 Å². The molecule has 0 aliphatic carbocycles. The number of amides is 2. The number of hydrogen-bond acceptors (Lipinski definition) is 4. The van der Waals surface area contributed by atoms with Gasteiger partial charge in [0, 0.05) is 26.6 Å². The number of halogens is 3. The van der Waals surface area contributed by atoms with Crippen LogP contribution in [0.3, 0.4) is 0 Å². The second-order valence-electron chi connectivity index (χ2n) is 8.46. The average molecular weight is 454 g/mol. The van der Waals surface area contributed by atoms with Crippen LogP contribution in [-0.4, -0.2) is 53.8 Å². The Morgan fingerprint density at radius 3 is 2.50 bits per heavy atom. The summed E-state index contributed by atoms with van der Waals surface area (Å²) in [7, 11) is 0. The van der Waals surface area contributed by atoms with Crippen LogP contribution in [0.5, 0.6) is 0 Å². The van der Waals surface area contributed by atoms with Gasteiger partial charge in [0.05, 0.1) is 30.0 Å². The summed E-state index contributed by atoms with van der Waals surface area (Å²) in [5.74, 6) is -1.50. The largest absolute Gasteiger partial charge is 0.466 e. The number of likely N-dealkylation sites (tertiary alicyclic amines) is 2. The minimum absolute atomic E-state index is 0.118. The van der Waals surface area contributed by atoms with Gasteiger partial charge < -0.3 is 14.5 Å². The van der Waals surface area contributed by atoms with E-state index in [0.29, 0.717) is 44.3 Å². The van der Waals surface area contributed by atoms with E-state index in [0.717, 1.165) is 12.1 Å². The Balaban J connectivity index is 1.72. The molecule has 0 spiro atoms. The minimum Gasteiger partial charge on any atom is -0.466 e. The lowest BCUT2D eigenvalue weighted by atomic mass is 9.86. The van der Waals surface area contributed by atoms with Crippen molar-refractivity contribution in [2.75, 3.05) is 26.2 Å². The Kier molecular flexibility index (Phi) is 7.46. The first-order chi connectivity index (χ1) is 15.1. The van der Waals surface area contributed by atoms with Gasteiger partial charge in [-0.2, -0.15) is 13.2 Å². The molecule has 32 heavy (non-hydrogen) atoms. The molecule has 3 unspecified atom stereocenters. The molecule has 0 aromatic heterocycles. The molecule has 0 bridgehead atoms. The van der Waals surface area contributed by atoms with Gasteiger partial charge in [0.15, 0.2) is 0 Å². The highest BCUT2D eigenvalue weighted by atomic mass is 19.4. The van der Waals surface area contributed by atoms with E-state index in [-0.39, 0.29) is 36.9 Å². The van der Waals surface area contributed by atoms with Crippen LogP contribution >= 0.6 is 0 Å². The molecule has 2 amide bonds. The fourth-order valence-electron chi connectivity index (χ4n) is 4.68. The molecule has 2 aliphatic heterocycles. The Morgan fingerprint density at radius 1 is 1.09 bits per heavy atom. The number of ether oxygens (including phenoxy) is 1. The van der Waals surface area contributed by atoms with Crippen molar-refractivity contribution in [3.63, 3.8) is 0 Å². The molecule has 1 aromatic carbocycles. The van der Waals surface area contributed by atoms with E-state index < -0.39 is 23.7 Å². The molecule has 176 valence electrons. The molecule has 0 N–H and O–H groups in total. The highest BCUT2D eigenvalue weighted by Crippen LogP contribution is 2.37. The van der Waals surface area contributed by atoms with Crippen LogP contribution in [0, 0.1) is 11.8 Å². The van der Waals surface area contributed by atoms with Gasteiger partial charge >= 0.3 is 12.1 Å². The molecule has 2 saturated heterocycles. The zero-order valence-electron chi connectivity index (χ0n) is 18.4. The molecule has 9 heteroatoms. The standard InChI is InChI=1S/C23H29F3N2O4/c1-3-32-22(31)18-7-5-11-27(13-18)21(30)17-9-10-20(28(14-17)15(2)29)16-6-4-8-19(12-16)23(24,25)26/h4,6,8,12,17-18,20H,3,5,7,9-11,13-14H2,1-2H3. The first-order valence-electron chi connectivity index (χ1n) is 11.0. The van der Waals surface area contributed by atoms with Crippen LogP contribution < -0.4 is 0 Å². The third-order valence-electron chi connectivity index (χ3n) is 6.29. The van der Waals surface area contributed by atoms with Crippen LogP contribution in [0.15, 0.2) is 24.3 Å². The van der Waals surface area contributed by atoms with E-state index in [4.69, 9.17) is 4.74 Å². The van der Waals surface area contributed by atoms with E-state index >= 15 is 0 Å². The third-order valence-corrected chi connectivity index (χ3v) is 6.29. The van der Waals surface area contributed by atoms with Crippen molar-refractivity contribution in [3.8, 4) is 0 Å². The highest BCUT2D eigenvalue weighted by Gasteiger charge is 2.39. The maximum absolute atomic E-state index is 13.2. The molecule has 0 saturated carbocycles. The quantitative estimate of drug-likeness (QED) is 0.649. The first kappa shape index (κ1) is 24.1. The molecule has 2 aliphatic rings. The Labute approximate surface area is 185 Å². The van der Waals surface area contributed by atoms with E-state index in [1.165, 1.54) is 17.9 Å². The fraction of sp³-hybridized carbons (Fsp3) is 0.609. The maximum atomic E-state index is 13.2. The van der Waals surface area contributed by atoms with Gasteiger partial charge in [0.2, 0.25) is 11.8 Å². The van der Waals surface area contributed by atoms with E-state index in [2.05, 4.69) is 0 Å². The van der Waals surface area contributed by atoms with Gasteiger partial charge in [0.25, 0.3) is 0 Å². The Bertz CT molecular complexity index is 858. The number of esters is 1. The molecule has 2 heterocycles. The number of piperidine rings is 2. The Morgan fingerprint density at radius 2 is 1.84 bits per heavy atom. The summed E-state index contributed by atoms with van der Waals surface area (Å²) in [5.41, 5.74) is -0.337. The fourth-order valence-corrected chi connectivity index (χ4v) is 4.68. The third kappa shape index (κ3) is 5.42. The topological polar surface area (TPSA) is 66.9 Å². The van der Waals surface area contributed by atoms with Gasteiger partial charge in [-0.1, -0.05) is 12.1 Å². The molecule has 0 radical (unpaired) electrons. The number of nitrogens with zero attached hydrogens (tertiary/aromatic N) is 2. The smallest absolute Gasteiger partial charge is 0.416 e. The second-order valence-corrected chi connectivity index (χ2v) is 8.46. The van der Waals surface area contributed by atoms with Crippen molar-refractivity contribution in [1.82, 2.24) is 9.80 Å². The van der Waals surface area contributed by atoms with Crippen molar-refractivity contribution in [3.05, 3.63) is 35.4 Å². The molecule has 2 fully saturated rings. The highest BCUT2D eigenvalue weighted by molar-refractivity contribution is 5.82. The molecule has 1 aromatic rings. The number of rotatable bonds is 4. The maximum Gasteiger partial charge on any atom is 0.416 e. The molecule has 6 nitrogen and oxygen atoms in total. The van der Waals surface area contributed by atoms with Crippen LogP contribution in [0.1, 0.15) is 56.7 Å². The average Bonchev–Trinajstić information content (AvgIpc) is 2.78. The van der Waals surface area contributed by atoms with Gasteiger partial charge in [-0.25, -0.2) is 0 Å². The van der Waals surface area contributed by atoms with Gasteiger partial charge in [-0.15, -0.1) is 0 Å². The lowest BCUT2D eigenvalue weighted by molar-refractivity contribution is -0.152. The van der Waals surface area contributed by atoms with Crippen LogP contribution in [0.2, 0.25) is 0 Å². The van der Waals surface area contributed by atoms with Gasteiger partial charge in [-0.3, -0.25) is 14.4 Å². The first-order valence-corrected chi connectivity index (χ1v) is 11.0. The van der Waals surface area contributed by atoms with Crippen LogP contribution in [0.4, 0.5) is 13.2 Å². The number of alkyl halides is 3. The van der Waals surface area contributed by atoms with Crippen molar-refractivity contribution < 1.29 is 32.3 Å². The molecular formula is C23H29F3N2O4. The van der Waals surface area contributed by atoms with E-state index in [1.54, 1.807) is 17.9 Å². The van der Waals surface area contributed by atoms with Gasteiger partial charge in [0.1, 0.15) is 0 Å². The summed E-state index contributed by atoms with van der Waals surface area (Å²) in [6, 6.07) is 4.51. The lowest BCUT2D eigenvalue weighted by Crippen LogP contribution is -2.50. The van der Waals surface area contributed by atoms with Crippen LogP contribution in [-0.2, 0) is 25.3 Å². The lowest BCUT2D eigenvalue weighted by Gasteiger charge is -2.41.